The van der Waals surface area contributed by atoms with Gasteiger partial charge in [-0.3, -0.25) is 9.59 Å². The molecule has 110 valence electrons. The Balaban J connectivity index is 2.04. The number of para-hydroxylation sites is 1. The minimum Gasteiger partial charge on any atom is -0.311 e. The lowest BCUT2D eigenvalue weighted by Gasteiger charge is -2.09. The Morgan fingerprint density at radius 3 is 2.68 bits per heavy atom. The number of nitrogens with one attached hydrogen (secondary N) is 1. The van der Waals surface area contributed by atoms with Crippen molar-refractivity contribution in [3.63, 3.8) is 0 Å². The number of aromatic nitrogens is 2. The van der Waals surface area contributed by atoms with Crippen LogP contribution in [0, 0.1) is 6.92 Å². The molecule has 0 bridgehead atoms. The second kappa shape index (κ2) is 5.44. The van der Waals surface area contributed by atoms with Gasteiger partial charge in [0.2, 0.25) is 0 Å². The summed E-state index contributed by atoms with van der Waals surface area (Å²) in [5, 5.41) is 3.51. The van der Waals surface area contributed by atoms with Gasteiger partial charge in [0, 0.05) is 12.7 Å². The van der Waals surface area contributed by atoms with Gasteiger partial charge in [-0.15, -0.1) is 0 Å². The van der Waals surface area contributed by atoms with E-state index in [2.05, 4.69) is 10.3 Å². The molecule has 5 heteroatoms. The molecule has 0 aliphatic carbocycles. The predicted octanol–water partition coefficient (Wildman–Crippen LogP) is 2.49. The maximum atomic E-state index is 12.4. The summed E-state index contributed by atoms with van der Waals surface area (Å²) in [5.41, 5.74) is 1.36. The fraction of sp³-hybridized carbons (Fsp3) is 0.118. The Labute approximate surface area is 127 Å². The molecule has 0 spiro atoms. The SMILES string of the molecule is Cc1cccc(NC(=O)c2cc3ccccc3n(C)c2=O)n1. The maximum absolute atomic E-state index is 12.4. The molecule has 1 N–H and O–H groups in total. The molecular formula is C17H15N3O2. The number of pyridine rings is 2. The van der Waals surface area contributed by atoms with E-state index in [-0.39, 0.29) is 11.1 Å². The van der Waals surface area contributed by atoms with Gasteiger partial charge in [0.05, 0.1) is 5.52 Å². The fourth-order valence-corrected chi connectivity index (χ4v) is 2.38. The molecule has 22 heavy (non-hydrogen) atoms. The molecule has 2 aromatic heterocycles. The number of carbonyl (C=O) groups is 1. The largest absolute Gasteiger partial charge is 0.311 e. The molecule has 0 saturated carbocycles. The first-order valence-electron chi connectivity index (χ1n) is 6.90. The van der Waals surface area contributed by atoms with Crippen molar-refractivity contribution in [1.29, 1.82) is 0 Å². The van der Waals surface area contributed by atoms with Gasteiger partial charge in [0.15, 0.2) is 0 Å². The van der Waals surface area contributed by atoms with Crippen LogP contribution in [-0.4, -0.2) is 15.5 Å². The molecular weight excluding hydrogens is 278 g/mol. The first-order chi connectivity index (χ1) is 10.6. The molecule has 0 atom stereocenters. The second-order valence-corrected chi connectivity index (χ2v) is 5.10. The zero-order valence-electron chi connectivity index (χ0n) is 12.3. The van der Waals surface area contributed by atoms with Crippen LogP contribution in [0.2, 0.25) is 0 Å². The van der Waals surface area contributed by atoms with Gasteiger partial charge >= 0.3 is 0 Å². The van der Waals surface area contributed by atoms with E-state index in [0.29, 0.717) is 5.82 Å². The monoisotopic (exact) mass is 293 g/mol. The lowest BCUT2D eigenvalue weighted by molar-refractivity contribution is 0.102. The molecule has 0 radical (unpaired) electrons. The third kappa shape index (κ3) is 2.48. The number of nitrogens with zero attached hydrogens (tertiary/aromatic N) is 2. The minimum absolute atomic E-state index is 0.101. The summed E-state index contributed by atoms with van der Waals surface area (Å²) >= 11 is 0. The van der Waals surface area contributed by atoms with Crippen molar-refractivity contribution in [2.24, 2.45) is 7.05 Å². The van der Waals surface area contributed by atoms with Crippen LogP contribution >= 0.6 is 0 Å². The smallest absolute Gasteiger partial charge is 0.263 e. The number of rotatable bonds is 2. The Morgan fingerprint density at radius 2 is 1.91 bits per heavy atom. The Hall–Kier alpha value is -2.95. The maximum Gasteiger partial charge on any atom is 0.263 e. The van der Waals surface area contributed by atoms with Gasteiger partial charge in [-0.2, -0.15) is 0 Å². The Morgan fingerprint density at radius 1 is 1.14 bits per heavy atom. The van der Waals surface area contributed by atoms with Crippen LogP contribution in [0.1, 0.15) is 16.1 Å². The van der Waals surface area contributed by atoms with E-state index in [0.717, 1.165) is 16.6 Å². The average Bonchev–Trinajstić information content (AvgIpc) is 2.51. The van der Waals surface area contributed by atoms with Crippen LogP contribution in [0.5, 0.6) is 0 Å². The molecule has 0 aliphatic heterocycles. The first-order valence-corrected chi connectivity index (χ1v) is 6.90. The van der Waals surface area contributed by atoms with E-state index in [9.17, 15) is 9.59 Å². The van der Waals surface area contributed by atoms with Crippen molar-refractivity contribution in [2.75, 3.05) is 5.32 Å². The van der Waals surface area contributed by atoms with Gasteiger partial charge < -0.3 is 9.88 Å². The highest BCUT2D eigenvalue weighted by Crippen LogP contribution is 2.13. The minimum atomic E-state index is -0.454. The number of anilines is 1. The molecule has 3 rings (SSSR count). The third-order valence-electron chi connectivity index (χ3n) is 3.51. The average molecular weight is 293 g/mol. The third-order valence-corrected chi connectivity index (χ3v) is 3.51. The van der Waals surface area contributed by atoms with E-state index in [1.807, 2.05) is 37.3 Å². The van der Waals surface area contributed by atoms with E-state index in [4.69, 9.17) is 0 Å². The summed E-state index contributed by atoms with van der Waals surface area (Å²) in [4.78, 5) is 29.0. The number of hydrogen-bond donors (Lipinski definition) is 1. The number of carbonyl (C=O) groups excluding carboxylic acids is 1. The molecule has 0 aliphatic rings. The van der Waals surface area contributed by atoms with E-state index >= 15 is 0 Å². The van der Waals surface area contributed by atoms with Gasteiger partial charge in [-0.1, -0.05) is 24.3 Å². The highest BCUT2D eigenvalue weighted by Gasteiger charge is 2.14. The van der Waals surface area contributed by atoms with Crippen LogP contribution < -0.4 is 10.9 Å². The van der Waals surface area contributed by atoms with Crippen LogP contribution in [0.4, 0.5) is 5.82 Å². The van der Waals surface area contributed by atoms with Crippen molar-refractivity contribution >= 4 is 22.6 Å². The van der Waals surface area contributed by atoms with E-state index in [1.165, 1.54) is 4.57 Å². The van der Waals surface area contributed by atoms with Gasteiger partial charge in [0.25, 0.3) is 11.5 Å². The van der Waals surface area contributed by atoms with Crippen LogP contribution in [0.25, 0.3) is 10.9 Å². The van der Waals surface area contributed by atoms with E-state index < -0.39 is 5.91 Å². The summed E-state index contributed by atoms with van der Waals surface area (Å²) in [5.74, 6) is -0.0235. The molecule has 1 amide bonds. The van der Waals surface area contributed by atoms with Crippen molar-refractivity contribution in [1.82, 2.24) is 9.55 Å². The lowest BCUT2D eigenvalue weighted by Crippen LogP contribution is -2.28. The first kappa shape index (κ1) is 14.0. The summed E-state index contributed by atoms with van der Waals surface area (Å²) in [6.45, 7) is 1.84. The molecule has 0 saturated heterocycles. The summed E-state index contributed by atoms with van der Waals surface area (Å²) in [7, 11) is 1.66. The van der Waals surface area contributed by atoms with E-state index in [1.54, 1.807) is 25.2 Å². The topological polar surface area (TPSA) is 64.0 Å². The summed E-state index contributed by atoms with van der Waals surface area (Å²) in [6.07, 6.45) is 0. The van der Waals surface area contributed by atoms with Crippen molar-refractivity contribution in [3.05, 3.63) is 70.1 Å². The van der Waals surface area contributed by atoms with Gasteiger partial charge in [-0.25, -0.2) is 4.98 Å². The molecule has 2 heterocycles. The number of fused-ring (bicyclic) bond motifs is 1. The zero-order chi connectivity index (χ0) is 15.7. The summed E-state index contributed by atoms with van der Waals surface area (Å²) in [6, 6.07) is 14.4. The molecule has 0 fully saturated rings. The number of hydrogen-bond acceptors (Lipinski definition) is 3. The normalized spacial score (nSPS) is 10.6. The standard InChI is InChI=1S/C17H15N3O2/c1-11-6-5-9-15(18-11)19-16(21)13-10-12-7-3-4-8-14(12)20(2)17(13)22/h3-10H,1-2H3,(H,18,19,21). The molecule has 3 aromatic rings. The highest BCUT2D eigenvalue weighted by atomic mass is 16.2. The van der Waals surface area contributed by atoms with Crippen LogP contribution in [-0.2, 0) is 7.05 Å². The molecule has 1 aromatic carbocycles. The summed E-state index contributed by atoms with van der Waals surface area (Å²) < 4.78 is 1.48. The lowest BCUT2D eigenvalue weighted by atomic mass is 10.1. The fourth-order valence-electron chi connectivity index (χ4n) is 2.38. The quantitative estimate of drug-likeness (QED) is 0.789. The van der Waals surface area contributed by atoms with Crippen LogP contribution in [0.15, 0.2) is 53.3 Å². The zero-order valence-corrected chi connectivity index (χ0v) is 12.3. The predicted molar refractivity (Wildman–Crippen MR) is 86.1 cm³/mol. The van der Waals surface area contributed by atoms with Gasteiger partial charge in [-0.05, 0) is 36.6 Å². The number of benzene rings is 1. The van der Waals surface area contributed by atoms with Crippen LogP contribution in [0.3, 0.4) is 0 Å². The van der Waals surface area contributed by atoms with Crippen molar-refractivity contribution in [3.8, 4) is 0 Å². The van der Waals surface area contributed by atoms with Gasteiger partial charge in [0.1, 0.15) is 11.4 Å². The highest BCUT2D eigenvalue weighted by molar-refractivity contribution is 6.05. The number of amides is 1. The van der Waals surface area contributed by atoms with Crippen molar-refractivity contribution < 1.29 is 4.79 Å². The Bertz CT molecular complexity index is 929. The Kier molecular flexibility index (Phi) is 3.47. The molecule has 0 unspecified atom stereocenters. The molecule has 5 nitrogen and oxygen atoms in total. The number of aryl methyl sites for hydroxylation is 2. The van der Waals surface area contributed by atoms with Crippen molar-refractivity contribution in [2.45, 2.75) is 6.92 Å². The second-order valence-electron chi connectivity index (χ2n) is 5.10.